The van der Waals surface area contributed by atoms with Crippen LogP contribution < -0.4 is 9.58 Å². The molecule has 0 bridgehead atoms. The molecule has 0 unspecified atom stereocenters. The summed E-state index contributed by atoms with van der Waals surface area (Å²) in [4.78, 5) is 2.54. The second kappa shape index (κ2) is 8.60. The van der Waals surface area contributed by atoms with Crippen molar-refractivity contribution in [3.63, 3.8) is 0 Å². The molecule has 1 aliphatic rings. The Kier molecular flexibility index (Phi) is 6.72. The molecule has 1 aliphatic heterocycles. The van der Waals surface area contributed by atoms with Gasteiger partial charge in [-0.3, -0.25) is 0 Å². The maximum absolute atomic E-state index is 9.75. The third kappa shape index (κ3) is 5.51. The monoisotopic (exact) mass is 371 g/mol. The molecule has 2 heterocycles. The van der Waals surface area contributed by atoms with Crippen molar-refractivity contribution in [3.8, 4) is 11.3 Å². The van der Waals surface area contributed by atoms with Crippen molar-refractivity contribution >= 4 is 13.1 Å². The highest BCUT2D eigenvalue weighted by molar-refractivity contribution is 6.50. The molecule has 26 heavy (non-hydrogen) atoms. The van der Waals surface area contributed by atoms with Gasteiger partial charge in [0, 0.05) is 18.7 Å². The van der Waals surface area contributed by atoms with Crippen LogP contribution in [-0.4, -0.2) is 25.0 Å². The Morgan fingerprint density at radius 1 is 1.08 bits per heavy atom. The van der Waals surface area contributed by atoms with Gasteiger partial charge < -0.3 is 22.2 Å². The van der Waals surface area contributed by atoms with Crippen molar-refractivity contribution in [2.45, 2.75) is 33.2 Å². The van der Waals surface area contributed by atoms with Gasteiger partial charge in [0.05, 0.1) is 13.1 Å². The van der Waals surface area contributed by atoms with Crippen molar-refractivity contribution in [2.75, 3.05) is 18.0 Å². The van der Waals surface area contributed by atoms with Crippen LogP contribution in [0.15, 0.2) is 36.4 Å². The van der Waals surface area contributed by atoms with E-state index in [4.69, 9.17) is 0 Å². The number of halogens is 4. The lowest BCUT2D eigenvalue weighted by molar-refractivity contribution is -0.759. The molecule has 0 saturated carbocycles. The fourth-order valence-electron chi connectivity index (χ4n) is 3.33. The van der Waals surface area contributed by atoms with E-state index in [1.54, 1.807) is 0 Å². The van der Waals surface area contributed by atoms with Gasteiger partial charge in [0.2, 0.25) is 5.69 Å². The Morgan fingerprint density at radius 2 is 1.62 bits per heavy atom. The SMILES string of the molecule is CC[n+]1c(-c2ccccc2)cc(N2CCC(C)CC2)n1C.F[B-](F)(F)F. The summed E-state index contributed by atoms with van der Waals surface area (Å²) in [7, 11) is -3.82. The molecule has 1 aromatic carbocycles. The molecule has 0 aliphatic carbocycles. The van der Waals surface area contributed by atoms with Crippen LogP contribution in [0.5, 0.6) is 0 Å². The molecule has 8 heteroatoms. The van der Waals surface area contributed by atoms with Crippen LogP contribution in [-0.2, 0) is 13.6 Å². The van der Waals surface area contributed by atoms with E-state index in [9.17, 15) is 17.3 Å². The average Bonchev–Trinajstić information content (AvgIpc) is 2.91. The topological polar surface area (TPSA) is 12.1 Å². The Labute approximate surface area is 152 Å². The lowest BCUT2D eigenvalue weighted by Gasteiger charge is -2.30. The fraction of sp³-hybridized carbons (Fsp3) is 0.500. The largest absolute Gasteiger partial charge is 0.673 e. The van der Waals surface area contributed by atoms with Gasteiger partial charge in [0.1, 0.15) is 0 Å². The normalized spacial score (nSPS) is 15.6. The third-order valence-electron chi connectivity index (χ3n) is 4.71. The summed E-state index contributed by atoms with van der Waals surface area (Å²) < 4.78 is 43.7. The van der Waals surface area contributed by atoms with Gasteiger partial charge in [-0.2, -0.15) is 0 Å². The molecule has 0 amide bonds. The fourth-order valence-corrected chi connectivity index (χ4v) is 3.33. The number of anilines is 1. The van der Waals surface area contributed by atoms with Crippen molar-refractivity contribution in [1.29, 1.82) is 0 Å². The Morgan fingerprint density at radius 3 is 2.12 bits per heavy atom. The summed E-state index contributed by atoms with van der Waals surface area (Å²) in [6.07, 6.45) is 2.61. The van der Waals surface area contributed by atoms with E-state index in [1.165, 1.54) is 43.0 Å². The molecular formula is C18H26BF4N3. The van der Waals surface area contributed by atoms with Gasteiger partial charge in [0.25, 0.3) is 0 Å². The van der Waals surface area contributed by atoms with Crippen molar-refractivity contribution in [2.24, 2.45) is 13.0 Å². The van der Waals surface area contributed by atoms with Gasteiger partial charge in [0.15, 0.2) is 12.4 Å². The van der Waals surface area contributed by atoms with Crippen molar-refractivity contribution in [1.82, 2.24) is 4.68 Å². The van der Waals surface area contributed by atoms with Crippen LogP contribution >= 0.6 is 0 Å². The lowest BCUT2D eigenvalue weighted by atomic mass is 9.99. The lowest BCUT2D eigenvalue weighted by Crippen LogP contribution is -2.44. The van der Waals surface area contributed by atoms with Crippen molar-refractivity contribution < 1.29 is 21.9 Å². The molecule has 3 nitrogen and oxygen atoms in total. The molecule has 144 valence electrons. The molecule has 1 fully saturated rings. The second-order valence-electron chi connectivity index (χ2n) is 6.66. The summed E-state index contributed by atoms with van der Waals surface area (Å²) >= 11 is 0. The zero-order valence-corrected chi connectivity index (χ0v) is 15.5. The zero-order valence-electron chi connectivity index (χ0n) is 15.5. The first kappa shape index (κ1) is 20.3. The number of hydrogen-bond acceptors (Lipinski definition) is 1. The quantitative estimate of drug-likeness (QED) is 0.439. The van der Waals surface area contributed by atoms with Gasteiger partial charge in [-0.15, -0.1) is 9.36 Å². The predicted octanol–water partition coefficient (Wildman–Crippen LogP) is 4.54. The molecular weight excluding hydrogens is 345 g/mol. The Balaban J connectivity index is 0.000000431. The zero-order chi connectivity index (χ0) is 19.3. The maximum atomic E-state index is 9.75. The van der Waals surface area contributed by atoms with Crippen LogP contribution in [0.1, 0.15) is 26.7 Å². The molecule has 0 radical (unpaired) electrons. The summed E-state index contributed by atoms with van der Waals surface area (Å²) in [6, 6.07) is 13.1. The van der Waals surface area contributed by atoms with E-state index < -0.39 is 7.25 Å². The summed E-state index contributed by atoms with van der Waals surface area (Å²) in [5.41, 5.74) is 2.61. The number of hydrogen-bond donors (Lipinski definition) is 0. The maximum Gasteiger partial charge on any atom is 0.673 e. The van der Waals surface area contributed by atoms with Crippen LogP contribution in [0, 0.1) is 5.92 Å². The molecule has 0 spiro atoms. The van der Waals surface area contributed by atoms with Gasteiger partial charge in [-0.05, 0) is 37.8 Å². The number of aromatic nitrogens is 2. The molecule has 1 saturated heterocycles. The standard InChI is InChI=1S/C18H26N3.BF4/c1-4-21-17(16-8-6-5-7-9-16)14-18(19(21)3)20-12-10-15(2)11-13-20;2-1(3,4)5/h5-9,14-15H,4,10-13H2,1-3H3;/q+1;-1. The summed E-state index contributed by atoms with van der Waals surface area (Å²) in [6.45, 7) is 7.93. The highest BCUT2D eigenvalue weighted by Gasteiger charge is 2.26. The van der Waals surface area contributed by atoms with E-state index in [1.807, 2.05) is 0 Å². The van der Waals surface area contributed by atoms with E-state index in [0.29, 0.717) is 0 Å². The molecule has 3 rings (SSSR count). The summed E-state index contributed by atoms with van der Waals surface area (Å²) in [5, 5.41) is 0. The minimum Gasteiger partial charge on any atom is -0.418 e. The Hall–Kier alpha value is -1.99. The number of piperidine rings is 1. The molecule has 0 atom stereocenters. The van der Waals surface area contributed by atoms with E-state index in [-0.39, 0.29) is 0 Å². The minimum atomic E-state index is -6.00. The van der Waals surface area contributed by atoms with E-state index in [2.05, 4.69) is 71.6 Å². The minimum absolute atomic E-state index is 0.869. The van der Waals surface area contributed by atoms with E-state index >= 15 is 0 Å². The first-order valence-corrected chi connectivity index (χ1v) is 8.98. The molecule has 0 N–H and O–H groups in total. The first-order valence-electron chi connectivity index (χ1n) is 8.98. The van der Waals surface area contributed by atoms with Gasteiger partial charge >= 0.3 is 7.25 Å². The average molecular weight is 371 g/mol. The number of benzene rings is 1. The first-order chi connectivity index (χ1) is 12.2. The third-order valence-corrected chi connectivity index (χ3v) is 4.71. The number of rotatable bonds is 3. The van der Waals surface area contributed by atoms with Crippen LogP contribution in [0.25, 0.3) is 11.3 Å². The van der Waals surface area contributed by atoms with E-state index in [0.717, 1.165) is 12.5 Å². The van der Waals surface area contributed by atoms with Gasteiger partial charge in [-0.1, -0.05) is 25.1 Å². The van der Waals surface area contributed by atoms with Gasteiger partial charge in [-0.25, -0.2) is 0 Å². The summed E-state index contributed by atoms with van der Waals surface area (Å²) in [5.74, 6) is 2.22. The molecule has 2 aromatic rings. The highest BCUT2D eigenvalue weighted by atomic mass is 19.5. The smallest absolute Gasteiger partial charge is 0.418 e. The van der Waals surface area contributed by atoms with Crippen molar-refractivity contribution in [3.05, 3.63) is 36.4 Å². The molecule has 1 aromatic heterocycles. The van der Waals surface area contributed by atoms with Crippen LogP contribution in [0.4, 0.5) is 23.1 Å². The number of nitrogens with zero attached hydrogens (tertiary/aromatic N) is 3. The van der Waals surface area contributed by atoms with Crippen LogP contribution in [0.3, 0.4) is 0 Å². The predicted molar refractivity (Wildman–Crippen MR) is 97.5 cm³/mol. The van der Waals surface area contributed by atoms with Crippen LogP contribution in [0.2, 0.25) is 0 Å². The highest BCUT2D eigenvalue weighted by Crippen LogP contribution is 2.26. The second-order valence-corrected chi connectivity index (χ2v) is 6.66. The Bertz CT molecular complexity index is 686.